The molecule has 0 aliphatic heterocycles. The zero-order valence-electron chi connectivity index (χ0n) is 26.3. The molecule has 44 heavy (non-hydrogen) atoms. The Bertz CT molecular complexity index is 1150. The van der Waals surface area contributed by atoms with E-state index < -0.39 is 35.3 Å². The minimum absolute atomic E-state index is 0.138. The van der Waals surface area contributed by atoms with Crippen LogP contribution in [0.2, 0.25) is 0 Å². The van der Waals surface area contributed by atoms with Gasteiger partial charge in [0, 0.05) is 30.8 Å². The summed E-state index contributed by atoms with van der Waals surface area (Å²) in [5.41, 5.74) is -0.941. The molecule has 0 aromatic carbocycles. The number of aromatic nitrogens is 1. The molecule has 1 heterocycles. The van der Waals surface area contributed by atoms with E-state index in [0.717, 1.165) is 38.5 Å². The van der Waals surface area contributed by atoms with E-state index in [1.54, 1.807) is 19.9 Å². The second-order valence-electron chi connectivity index (χ2n) is 10.7. The summed E-state index contributed by atoms with van der Waals surface area (Å²) in [4.78, 5) is 52.6. The summed E-state index contributed by atoms with van der Waals surface area (Å²) >= 11 is 0. The van der Waals surface area contributed by atoms with Crippen molar-refractivity contribution in [3.63, 3.8) is 0 Å². The number of carbonyl (C=O) groups is 4. The third-order valence-electron chi connectivity index (χ3n) is 6.22. The predicted octanol–water partition coefficient (Wildman–Crippen LogP) is 6.69. The van der Waals surface area contributed by atoms with Crippen molar-refractivity contribution in [1.29, 1.82) is 0 Å². The third-order valence-corrected chi connectivity index (χ3v) is 6.22. The van der Waals surface area contributed by atoms with Gasteiger partial charge in [0.25, 0.3) is 5.91 Å². The molecule has 1 atom stereocenters. The van der Waals surface area contributed by atoms with Crippen molar-refractivity contribution in [3.8, 4) is 0 Å². The molecular weight excluding hydrogens is 560 g/mol. The number of carbonyl (C=O) groups excluding carboxylic acids is 3. The van der Waals surface area contributed by atoms with Gasteiger partial charge in [-0.15, -0.1) is 0 Å². The summed E-state index contributed by atoms with van der Waals surface area (Å²) in [6.45, 7) is 5.08. The first kappa shape index (κ1) is 37.8. The predicted molar refractivity (Wildman–Crippen MR) is 172 cm³/mol. The Morgan fingerprint density at radius 3 is 2.05 bits per heavy atom. The molecule has 0 saturated carbocycles. The molecule has 1 rings (SSSR count). The maximum Gasteiger partial charge on any atom is 0.340 e. The molecule has 0 aliphatic carbocycles. The molecule has 0 fully saturated rings. The quantitative estimate of drug-likeness (QED) is 0.0846. The molecule has 1 aromatic rings. The molecule has 9 heteroatoms. The Morgan fingerprint density at radius 2 is 1.50 bits per heavy atom. The van der Waals surface area contributed by atoms with Crippen molar-refractivity contribution in [3.05, 3.63) is 90.9 Å². The lowest BCUT2D eigenvalue weighted by molar-refractivity contribution is -0.153. The van der Waals surface area contributed by atoms with E-state index in [0.29, 0.717) is 6.42 Å². The van der Waals surface area contributed by atoms with Crippen LogP contribution in [0.15, 0.2) is 85.3 Å². The number of pyridine rings is 1. The van der Waals surface area contributed by atoms with Crippen molar-refractivity contribution >= 4 is 23.8 Å². The summed E-state index contributed by atoms with van der Waals surface area (Å²) in [5, 5.41) is 11.3. The smallest absolute Gasteiger partial charge is 0.340 e. The highest BCUT2D eigenvalue weighted by Gasteiger charge is 2.40. The highest BCUT2D eigenvalue weighted by atomic mass is 16.6. The molecule has 0 bridgehead atoms. The summed E-state index contributed by atoms with van der Waals surface area (Å²) in [7, 11) is 0. The number of nitrogens with zero attached hydrogens (tertiary/aromatic N) is 1. The first-order valence-corrected chi connectivity index (χ1v) is 15.2. The largest absolute Gasteiger partial charge is 0.481 e. The fourth-order valence-electron chi connectivity index (χ4n) is 3.76. The normalized spacial score (nSPS) is 12.9. The number of aliphatic carboxylic acids is 1. The van der Waals surface area contributed by atoms with E-state index in [-0.39, 0.29) is 31.6 Å². The third kappa shape index (κ3) is 18.3. The van der Waals surface area contributed by atoms with Gasteiger partial charge < -0.3 is 19.9 Å². The van der Waals surface area contributed by atoms with E-state index >= 15 is 0 Å². The lowest BCUT2D eigenvalue weighted by Gasteiger charge is -2.32. The molecule has 0 saturated heterocycles. The fourth-order valence-corrected chi connectivity index (χ4v) is 3.76. The van der Waals surface area contributed by atoms with E-state index in [1.807, 2.05) is 6.08 Å². The van der Waals surface area contributed by atoms with Crippen LogP contribution in [0, 0.1) is 5.41 Å². The number of hydrogen-bond donors (Lipinski definition) is 2. The number of carboxylic acids is 1. The Kier molecular flexibility index (Phi) is 19.9. The number of carboxylic acid groups (broad SMARTS) is 1. The Morgan fingerprint density at radius 1 is 0.909 bits per heavy atom. The van der Waals surface area contributed by atoms with Crippen molar-refractivity contribution in [1.82, 2.24) is 10.3 Å². The Balaban J connectivity index is 2.43. The zero-order valence-corrected chi connectivity index (χ0v) is 26.3. The van der Waals surface area contributed by atoms with Gasteiger partial charge in [0.1, 0.15) is 6.61 Å². The average Bonchev–Trinajstić information content (AvgIpc) is 3.00. The minimum atomic E-state index is -1.34. The zero-order chi connectivity index (χ0) is 32.5. The number of nitrogens with one attached hydrogen (secondary N) is 1. The summed E-state index contributed by atoms with van der Waals surface area (Å²) in [5.74, 6) is -2.95. The van der Waals surface area contributed by atoms with Crippen LogP contribution < -0.4 is 5.32 Å². The maximum atomic E-state index is 12.9. The van der Waals surface area contributed by atoms with Gasteiger partial charge >= 0.3 is 17.9 Å². The van der Waals surface area contributed by atoms with E-state index in [1.165, 1.54) is 18.5 Å². The number of esters is 2. The van der Waals surface area contributed by atoms with Crippen molar-refractivity contribution < 1.29 is 33.8 Å². The molecule has 9 nitrogen and oxygen atoms in total. The average molecular weight is 609 g/mol. The van der Waals surface area contributed by atoms with Crippen LogP contribution >= 0.6 is 0 Å². The topological polar surface area (TPSA) is 132 Å². The molecule has 0 radical (unpaired) electrons. The number of allylic oxidation sites excluding steroid dienone is 10. The first-order valence-electron chi connectivity index (χ1n) is 15.2. The second-order valence-corrected chi connectivity index (χ2v) is 10.7. The molecule has 240 valence electrons. The van der Waals surface area contributed by atoms with Crippen LogP contribution in [0.1, 0.15) is 88.9 Å². The van der Waals surface area contributed by atoms with Gasteiger partial charge in [-0.3, -0.25) is 19.4 Å². The van der Waals surface area contributed by atoms with Gasteiger partial charge in [0.2, 0.25) is 0 Å². The second kappa shape index (κ2) is 23.2. The molecule has 2 N–H and O–H groups in total. The number of ether oxygens (including phenoxy) is 2. The Labute approximate surface area is 261 Å². The van der Waals surface area contributed by atoms with Gasteiger partial charge in [-0.05, 0) is 57.1 Å². The SMILES string of the molecule is CC/C=C\C/C=C\C/C=C\C/C=C\C/C=C\CCCC(=O)OCC(C)(C)C(OC(=O)c1cccnc1)C(=O)NCCC(=O)O. The number of rotatable bonds is 22. The highest BCUT2D eigenvalue weighted by molar-refractivity contribution is 5.92. The van der Waals surface area contributed by atoms with E-state index in [2.05, 4.69) is 71.9 Å². The van der Waals surface area contributed by atoms with Crippen LogP contribution in [-0.2, 0) is 23.9 Å². The molecule has 1 aromatic heterocycles. The van der Waals surface area contributed by atoms with Gasteiger partial charge in [-0.25, -0.2) is 4.79 Å². The molecule has 0 spiro atoms. The lowest BCUT2D eigenvalue weighted by Crippen LogP contribution is -2.49. The summed E-state index contributed by atoms with van der Waals surface area (Å²) in [6.07, 6.45) is 28.8. The molecule has 0 aliphatic rings. The standard InChI is InChI=1S/C35H48N2O7/c1-4-5-6-7-8-9-10-11-12-13-14-15-16-17-18-19-20-23-31(40)43-28-35(2,3)32(33(41)37-26-24-30(38)39)44-34(42)29-22-21-25-36-27-29/h5-6,8-9,11-12,14-15,17-18,21-22,25,27,32H,4,7,10,13,16,19-20,23-24,26,28H2,1-3H3,(H,37,41)(H,38,39)/b6-5-,9-8-,12-11-,15-14-,18-17-. The van der Waals surface area contributed by atoms with Crippen LogP contribution in [0.4, 0.5) is 0 Å². The van der Waals surface area contributed by atoms with Crippen LogP contribution in [0.5, 0.6) is 0 Å². The van der Waals surface area contributed by atoms with Gasteiger partial charge in [0.15, 0.2) is 6.10 Å². The van der Waals surface area contributed by atoms with Crippen molar-refractivity contribution in [2.75, 3.05) is 13.2 Å². The van der Waals surface area contributed by atoms with Crippen LogP contribution in [-0.4, -0.2) is 53.2 Å². The lowest BCUT2D eigenvalue weighted by atomic mass is 9.86. The summed E-state index contributed by atoms with van der Waals surface area (Å²) < 4.78 is 10.9. The van der Waals surface area contributed by atoms with Gasteiger partial charge in [-0.1, -0.05) is 81.5 Å². The van der Waals surface area contributed by atoms with Gasteiger partial charge in [0.05, 0.1) is 12.0 Å². The molecule has 1 unspecified atom stereocenters. The first-order chi connectivity index (χ1) is 21.2. The molecular formula is C35H48N2O7. The highest BCUT2D eigenvalue weighted by Crippen LogP contribution is 2.26. The molecule has 1 amide bonds. The number of hydrogen-bond acceptors (Lipinski definition) is 7. The van der Waals surface area contributed by atoms with Crippen LogP contribution in [0.25, 0.3) is 0 Å². The number of unbranched alkanes of at least 4 members (excludes halogenated alkanes) is 1. The van der Waals surface area contributed by atoms with E-state index in [4.69, 9.17) is 14.6 Å². The fraction of sp³-hybridized carbons (Fsp3) is 0.457. The monoisotopic (exact) mass is 608 g/mol. The minimum Gasteiger partial charge on any atom is -0.481 e. The summed E-state index contributed by atoms with van der Waals surface area (Å²) in [6, 6.07) is 3.06. The van der Waals surface area contributed by atoms with E-state index in [9.17, 15) is 19.2 Å². The van der Waals surface area contributed by atoms with Crippen LogP contribution in [0.3, 0.4) is 0 Å². The van der Waals surface area contributed by atoms with Crippen molar-refractivity contribution in [2.24, 2.45) is 5.41 Å². The Hall–Kier alpha value is -4.27. The van der Waals surface area contributed by atoms with Crippen molar-refractivity contribution in [2.45, 2.75) is 84.7 Å². The maximum absolute atomic E-state index is 12.9. The number of amides is 1. The van der Waals surface area contributed by atoms with Gasteiger partial charge in [-0.2, -0.15) is 0 Å².